The highest BCUT2D eigenvalue weighted by Crippen LogP contribution is 2.15. The molecule has 0 aliphatic carbocycles. The molecule has 1 atom stereocenters. The number of aryl methyl sites for hydroxylation is 1. The number of rotatable bonds is 6. The minimum Gasteiger partial charge on any atom is -0.370 e. The number of ketones is 1. The predicted octanol–water partition coefficient (Wildman–Crippen LogP) is 3.52. The van der Waals surface area contributed by atoms with E-state index in [1.54, 1.807) is 13.0 Å². The lowest BCUT2D eigenvalue weighted by molar-refractivity contribution is 0.0423. The van der Waals surface area contributed by atoms with Gasteiger partial charge in [-0.05, 0) is 44.0 Å². The number of hydrogen-bond acceptors (Lipinski definition) is 2. The topological polar surface area (TPSA) is 26.3 Å². The Kier molecular flexibility index (Phi) is 5.29. The highest BCUT2D eigenvalue weighted by Gasteiger charge is 2.19. The van der Waals surface area contributed by atoms with E-state index in [1.807, 2.05) is 13.8 Å². The van der Waals surface area contributed by atoms with Gasteiger partial charge in [-0.25, -0.2) is 4.39 Å². The predicted molar refractivity (Wildman–Crippen MR) is 65.8 cm³/mol. The van der Waals surface area contributed by atoms with Crippen molar-refractivity contribution in [2.24, 2.45) is 0 Å². The van der Waals surface area contributed by atoms with Crippen molar-refractivity contribution in [2.45, 2.75) is 39.7 Å². The first kappa shape index (κ1) is 13.8. The van der Waals surface area contributed by atoms with Crippen LogP contribution in [0.25, 0.3) is 0 Å². The number of carbonyl (C=O) groups is 1. The summed E-state index contributed by atoms with van der Waals surface area (Å²) in [5.74, 6) is -0.346. The van der Waals surface area contributed by atoms with Crippen molar-refractivity contribution in [3.05, 3.63) is 35.1 Å². The summed E-state index contributed by atoms with van der Waals surface area (Å²) in [6, 6.07) is 4.43. The van der Waals surface area contributed by atoms with E-state index in [1.165, 1.54) is 12.1 Å². The second kappa shape index (κ2) is 6.50. The molecule has 0 radical (unpaired) electrons. The van der Waals surface area contributed by atoms with E-state index >= 15 is 0 Å². The third kappa shape index (κ3) is 3.63. The van der Waals surface area contributed by atoms with Crippen LogP contribution in [-0.4, -0.2) is 18.5 Å². The Morgan fingerprint density at radius 1 is 1.41 bits per heavy atom. The number of ether oxygens (including phenoxy) is 1. The lowest BCUT2D eigenvalue weighted by Gasteiger charge is -2.15. The van der Waals surface area contributed by atoms with Gasteiger partial charge in [0.1, 0.15) is 11.9 Å². The number of benzene rings is 1. The Morgan fingerprint density at radius 3 is 2.65 bits per heavy atom. The highest BCUT2D eigenvalue weighted by atomic mass is 19.1. The van der Waals surface area contributed by atoms with Gasteiger partial charge < -0.3 is 4.74 Å². The molecular weight excluding hydrogens is 219 g/mol. The van der Waals surface area contributed by atoms with Crippen molar-refractivity contribution in [3.8, 4) is 0 Å². The zero-order valence-electron chi connectivity index (χ0n) is 10.6. The highest BCUT2D eigenvalue weighted by molar-refractivity contribution is 5.99. The first-order valence-corrected chi connectivity index (χ1v) is 6.02. The first-order valence-electron chi connectivity index (χ1n) is 6.02. The van der Waals surface area contributed by atoms with Gasteiger partial charge in [0.05, 0.1) is 0 Å². The molecule has 0 amide bonds. The van der Waals surface area contributed by atoms with E-state index < -0.39 is 6.10 Å². The molecule has 0 fully saturated rings. The molecule has 0 heterocycles. The van der Waals surface area contributed by atoms with E-state index in [0.29, 0.717) is 24.2 Å². The molecule has 1 aromatic carbocycles. The van der Waals surface area contributed by atoms with Gasteiger partial charge in [-0.2, -0.15) is 0 Å². The standard InChI is InChI=1S/C14H19FO2/c1-4-6-13(17-5-2)14(16)11-7-8-12(15)10(3)9-11/h7-9,13H,4-6H2,1-3H3. The minimum absolute atomic E-state index is 0.0585. The first-order chi connectivity index (χ1) is 8.10. The molecule has 0 aliphatic rings. The molecule has 0 saturated carbocycles. The normalized spacial score (nSPS) is 12.5. The van der Waals surface area contributed by atoms with Crippen LogP contribution in [0.15, 0.2) is 18.2 Å². The van der Waals surface area contributed by atoms with Gasteiger partial charge in [-0.3, -0.25) is 4.79 Å². The molecule has 0 aliphatic heterocycles. The van der Waals surface area contributed by atoms with Crippen LogP contribution in [-0.2, 0) is 4.74 Å². The third-order valence-electron chi connectivity index (χ3n) is 2.65. The Hall–Kier alpha value is -1.22. The molecule has 1 unspecified atom stereocenters. The Bertz CT molecular complexity index is 382. The lowest BCUT2D eigenvalue weighted by Crippen LogP contribution is -2.24. The summed E-state index contributed by atoms with van der Waals surface area (Å²) in [4.78, 5) is 12.1. The van der Waals surface area contributed by atoms with Crippen LogP contribution < -0.4 is 0 Å². The van der Waals surface area contributed by atoms with E-state index in [0.717, 1.165) is 6.42 Å². The lowest BCUT2D eigenvalue weighted by atomic mass is 10.0. The van der Waals surface area contributed by atoms with E-state index in [9.17, 15) is 9.18 Å². The summed E-state index contributed by atoms with van der Waals surface area (Å²) in [6.07, 6.45) is 1.18. The number of carbonyl (C=O) groups excluding carboxylic acids is 1. The summed E-state index contributed by atoms with van der Waals surface area (Å²) < 4.78 is 18.5. The molecule has 94 valence electrons. The van der Waals surface area contributed by atoms with Crippen LogP contribution in [0.5, 0.6) is 0 Å². The van der Waals surface area contributed by atoms with Crippen LogP contribution in [0.3, 0.4) is 0 Å². The molecule has 0 N–H and O–H groups in total. The van der Waals surface area contributed by atoms with Crippen LogP contribution in [0.1, 0.15) is 42.6 Å². The van der Waals surface area contributed by atoms with Crippen LogP contribution in [0.4, 0.5) is 4.39 Å². The zero-order valence-corrected chi connectivity index (χ0v) is 10.6. The van der Waals surface area contributed by atoms with E-state index in [4.69, 9.17) is 4.74 Å². The fourth-order valence-electron chi connectivity index (χ4n) is 1.74. The molecule has 17 heavy (non-hydrogen) atoms. The molecule has 0 spiro atoms. The Morgan fingerprint density at radius 2 is 2.12 bits per heavy atom. The fourth-order valence-corrected chi connectivity index (χ4v) is 1.74. The summed E-state index contributed by atoms with van der Waals surface area (Å²) in [5.41, 5.74) is 1.01. The molecule has 0 bridgehead atoms. The SMILES string of the molecule is CCCC(OCC)C(=O)c1ccc(F)c(C)c1. The quantitative estimate of drug-likeness (QED) is 0.709. The average Bonchev–Trinajstić information content (AvgIpc) is 2.31. The van der Waals surface area contributed by atoms with Crippen molar-refractivity contribution in [1.29, 1.82) is 0 Å². The van der Waals surface area contributed by atoms with Crippen LogP contribution in [0.2, 0.25) is 0 Å². The van der Waals surface area contributed by atoms with Gasteiger partial charge in [0.2, 0.25) is 0 Å². The number of halogens is 1. The van der Waals surface area contributed by atoms with Crippen molar-refractivity contribution in [3.63, 3.8) is 0 Å². The second-order valence-corrected chi connectivity index (χ2v) is 4.06. The van der Waals surface area contributed by atoms with E-state index in [-0.39, 0.29) is 11.6 Å². The molecule has 0 saturated heterocycles. The minimum atomic E-state index is -0.408. The largest absolute Gasteiger partial charge is 0.370 e. The molecule has 0 aromatic heterocycles. The summed E-state index contributed by atoms with van der Waals surface area (Å²) in [5, 5.41) is 0. The molecule has 2 nitrogen and oxygen atoms in total. The molecule has 1 rings (SSSR count). The maximum Gasteiger partial charge on any atom is 0.191 e. The van der Waals surface area contributed by atoms with Crippen molar-refractivity contribution < 1.29 is 13.9 Å². The molecule has 3 heteroatoms. The van der Waals surface area contributed by atoms with Gasteiger partial charge >= 0.3 is 0 Å². The monoisotopic (exact) mass is 238 g/mol. The molecule has 1 aromatic rings. The maximum atomic E-state index is 13.1. The third-order valence-corrected chi connectivity index (χ3v) is 2.65. The van der Waals surface area contributed by atoms with Crippen LogP contribution >= 0.6 is 0 Å². The van der Waals surface area contributed by atoms with Crippen molar-refractivity contribution in [2.75, 3.05) is 6.61 Å². The van der Waals surface area contributed by atoms with E-state index in [2.05, 4.69) is 0 Å². The zero-order chi connectivity index (χ0) is 12.8. The Balaban J connectivity index is 2.88. The number of hydrogen-bond donors (Lipinski definition) is 0. The number of Topliss-reactive ketones (excluding diaryl/α,β-unsaturated/α-hetero) is 1. The van der Waals surface area contributed by atoms with Crippen molar-refractivity contribution >= 4 is 5.78 Å². The van der Waals surface area contributed by atoms with Gasteiger partial charge in [0, 0.05) is 12.2 Å². The summed E-state index contributed by atoms with van der Waals surface area (Å²) in [6.45, 7) is 6.04. The van der Waals surface area contributed by atoms with Gasteiger partial charge in [-0.1, -0.05) is 13.3 Å². The fraction of sp³-hybridized carbons (Fsp3) is 0.500. The van der Waals surface area contributed by atoms with Crippen molar-refractivity contribution in [1.82, 2.24) is 0 Å². The summed E-state index contributed by atoms with van der Waals surface area (Å²) in [7, 11) is 0. The van der Waals surface area contributed by atoms with Gasteiger partial charge in [0.15, 0.2) is 5.78 Å². The molecular formula is C14H19FO2. The second-order valence-electron chi connectivity index (χ2n) is 4.06. The van der Waals surface area contributed by atoms with Crippen LogP contribution in [0, 0.1) is 12.7 Å². The maximum absolute atomic E-state index is 13.1. The average molecular weight is 238 g/mol. The Labute approximate surface area is 102 Å². The van der Waals surface area contributed by atoms with Gasteiger partial charge in [0.25, 0.3) is 0 Å². The summed E-state index contributed by atoms with van der Waals surface area (Å²) >= 11 is 0. The smallest absolute Gasteiger partial charge is 0.191 e. The van der Waals surface area contributed by atoms with Gasteiger partial charge in [-0.15, -0.1) is 0 Å².